The van der Waals surface area contributed by atoms with Crippen molar-refractivity contribution >= 4 is 16.9 Å². The molecule has 0 amide bonds. The van der Waals surface area contributed by atoms with E-state index in [2.05, 4.69) is 6.07 Å². The van der Waals surface area contributed by atoms with Gasteiger partial charge in [0.15, 0.2) is 5.60 Å². The van der Waals surface area contributed by atoms with Crippen molar-refractivity contribution in [2.75, 3.05) is 0 Å². The maximum absolute atomic E-state index is 13.3. The van der Waals surface area contributed by atoms with Gasteiger partial charge in [0.1, 0.15) is 6.61 Å². The third-order valence-corrected chi connectivity index (χ3v) is 6.85. The van der Waals surface area contributed by atoms with Gasteiger partial charge in [0, 0.05) is 23.1 Å². The summed E-state index contributed by atoms with van der Waals surface area (Å²) in [5.74, 6) is -0.727. The third-order valence-electron chi connectivity index (χ3n) is 6.85. The van der Waals surface area contributed by atoms with Crippen LogP contribution in [-0.2, 0) is 52.8 Å². The monoisotopic (exact) mass is 419 g/mol. The fourth-order valence-electron chi connectivity index (χ4n) is 5.07. The number of fused-ring (bicyclic) bond motifs is 6. The van der Waals surface area contributed by atoms with Crippen LogP contribution in [0.1, 0.15) is 46.7 Å². The number of nitrogens with zero attached hydrogens (tertiary/aromatic N) is 2. The topological polar surface area (TPSA) is 117 Å². The first-order chi connectivity index (χ1) is 15.0. The summed E-state index contributed by atoms with van der Waals surface area (Å²) < 4.78 is 12.3. The normalized spacial score (nSPS) is 20.9. The zero-order chi connectivity index (χ0) is 21.5. The van der Waals surface area contributed by atoms with Crippen LogP contribution >= 0.6 is 0 Å². The number of cyclic esters (lactones) is 1. The smallest absolute Gasteiger partial charge is 0.343 e. The molecule has 0 saturated carbocycles. The second kappa shape index (κ2) is 6.23. The van der Waals surface area contributed by atoms with E-state index in [4.69, 9.17) is 20.2 Å². The number of carbonyl (C=O) groups excluding carboxylic acids is 1. The van der Waals surface area contributed by atoms with Crippen molar-refractivity contribution in [1.82, 2.24) is 9.55 Å². The number of benzene rings is 1. The van der Waals surface area contributed by atoms with E-state index in [0.29, 0.717) is 48.8 Å². The van der Waals surface area contributed by atoms with E-state index in [1.807, 2.05) is 6.07 Å². The number of aliphatic hydroxyl groups is 1. The van der Waals surface area contributed by atoms with Gasteiger partial charge in [-0.2, -0.15) is 0 Å². The Morgan fingerprint density at radius 3 is 2.68 bits per heavy atom. The van der Waals surface area contributed by atoms with Crippen LogP contribution in [0.4, 0.5) is 0 Å². The van der Waals surface area contributed by atoms with Crippen molar-refractivity contribution in [3.63, 3.8) is 0 Å². The highest BCUT2D eigenvalue weighted by atomic mass is 16.6. The van der Waals surface area contributed by atoms with E-state index in [0.717, 1.165) is 33.2 Å². The largest absolute Gasteiger partial charge is 0.458 e. The van der Waals surface area contributed by atoms with Crippen molar-refractivity contribution in [2.45, 2.75) is 51.9 Å². The van der Waals surface area contributed by atoms with Crippen LogP contribution in [-0.4, -0.2) is 20.6 Å². The van der Waals surface area contributed by atoms with E-state index in [1.165, 1.54) is 0 Å². The molecule has 3 N–H and O–H groups in total. The number of rotatable bonds is 2. The molecule has 0 saturated heterocycles. The first-order valence-corrected chi connectivity index (χ1v) is 10.4. The Balaban J connectivity index is 1.65. The average Bonchev–Trinajstić information content (AvgIpc) is 3.38. The number of carbonyl (C=O) groups is 1. The SMILES string of the molecule is CC[C@@]1(O)C(=O)OCc2c1cc1n(c2=O)Cc2c-1nc1cc3c(cc1c2CN)COC3. The van der Waals surface area contributed by atoms with Crippen molar-refractivity contribution in [3.8, 4) is 11.4 Å². The minimum atomic E-state index is -1.84. The summed E-state index contributed by atoms with van der Waals surface area (Å²) in [6, 6.07) is 5.84. The van der Waals surface area contributed by atoms with Crippen LogP contribution in [0.5, 0.6) is 0 Å². The first kappa shape index (κ1) is 18.7. The highest BCUT2D eigenvalue weighted by Gasteiger charge is 2.45. The molecule has 5 heterocycles. The fraction of sp³-hybridized carbons (Fsp3) is 0.348. The Morgan fingerprint density at radius 2 is 1.94 bits per heavy atom. The van der Waals surface area contributed by atoms with Crippen LogP contribution in [0, 0.1) is 0 Å². The zero-order valence-corrected chi connectivity index (χ0v) is 17.0. The van der Waals surface area contributed by atoms with Crippen molar-refractivity contribution < 1.29 is 19.4 Å². The Hall–Kier alpha value is -3.07. The van der Waals surface area contributed by atoms with Crippen LogP contribution in [0.3, 0.4) is 0 Å². The Labute approximate surface area is 177 Å². The molecular formula is C23H21N3O5. The van der Waals surface area contributed by atoms with E-state index in [-0.39, 0.29) is 18.6 Å². The molecule has 0 unspecified atom stereocenters. The third kappa shape index (κ3) is 2.32. The summed E-state index contributed by atoms with van der Waals surface area (Å²) in [6.45, 7) is 3.33. The maximum Gasteiger partial charge on any atom is 0.343 e. The Bertz CT molecular complexity index is 1380. The maximum atomic E-state index is 13.3. The molecule has 2 aromatic heterocycles. The average molecular weight is 419 g/mol. The van der Waals surface area contributed by atoms with Gasteiger partial charge in [0.25, 0.3) is 5.56 Å². The molecule has 158 valence electrons. The standard InChI is InChI=1S/C23H21N3O5/c1-2-23(29)17-5-19-20-15(7-26(19)21(27)16(17)10-31-22(23)28)14(6-24)13-3-11-8-30-9-12(11)4-18(13)25-20/h3-5,29H,2,6-10,24H2,1H3/t23-/m0/s1. The number of aromatic nitrogens is 2. The molecular weight excluding hydrogens is 398 g/mol. The van der Waals surface area contributed by atoms with Gasteiger partial charge < -0.3 is 24.9 Å². The van der Waals surface area contributed by atoms with Gasteiger partial charge in [-0.15, -0.1) is 0 Å². The van der Waals surface area contributed by atoms with E-state index < -0.39 is 11.6 Å². The molecule has 0 spiro atoms. The van der Waals surface area contributed by atoms with Gasteiger partial charge >= 0.3 is 5.97 Å². The molecule has 1 atom stereocenters. The minimum absolute atomic E-state index is 0.111. The minimum Gasteiger partial charge on any atom is -0.458 e. The van der Waals surface area contributed by atoms with Gasteiger partial charge in [-0.3, -0.25) is 4.79 Å². The van der Waals surface area contributed by atoms with Gasteiger partial charge in [-0.25, -0.2) is 9.78 Å². The molecule has 8 nitrogen and oxygen atoms in total. The van der Waals surface area contributed by atoms with Crippen LogP contribution in [0.25, 0.3) is 22.3 Å². The number of esters is 1. The van der Waals surface area contributed by atoms with Gasteiger partial charge in [-0.1, -0.05) is 6.92 Å². The fourth-order valence-corrected chi connectivity index (χ4v) is 5.07. The van der Waals surface area contributed by atoms with Crippen molar-refractivity contribution in [2.24, 2.45) is 5.73 Å². The second-order valence-corrected chi connectivity index (χ2v) is 8.36. The van der Waals surface area contributed by atoms with Gasteiger partial charge in [0.05, 0.1) is 42.2 Å². The number of hydrogen-bond acceptors (Lipinski definition) is 7. The lowest BCUT2D eigenvalue weighted by Crippen LogP contribution is -2.44. The summed E-state index contributed by atoms with van der Waals surface area (Å²) in [4.78, 5) is 30.5. The molecule has 0 fully saturated rings. The molecule has 3 aliphatic rings. The summed E-state index contributed by atoms with van der Waals surface area (Å²) in [6.07, 6.45) is 0.111. The van der Waals surface area contributed by atoms with Gasteiger partial charge in [-0.05, 0) is 41.3 Å². The molecule has 31 heavy (non-hydrogen) atoms. The Morgan fingerprint density at radius 1 is 1.16 bits per heavy atom. The molecule has 0 bridgehead atoms. The number of ether oxygens (including phenoxy) is 2. The number of nitrogens with two attached hydrogens (primary N) is 1. The second-order valence-electron chi connectivity index (χ2n) is 8.36. The highest BCUT2D eigenvalue weighted by Crippen LogP contribution is 2.40. The van der Waals surface area contributed by atoms with Crippen LogP contribution in [0.2, 0.25) is 0 Å². The summed E-state index contributed by atoms with van der Waals surface area (Å²) in [5.41, 5.74) is 10.8. The summed E-state index contributed by atoms with van der Waals surface area (Å²) in [7, 11) is 0. The van der Waals surface area contributed by atoms with Crippen molar-refractivity contribution in [3.05, 3.63) is 61.9 Å². The molecule has 0 aliphatic carbocycles. The lowest BCUT2D eigenvalue weighted by molar-refractivity contribution is -0.172. The number of pyridine rings is 2. The first-order valence-electron chi connectivity index (χ1n) is 10.4. The Kier molecular flexibility index (Phi) is 3.75. The summed E-state index contributed by atoms with van der Waals surface area (Å²) in [5, 5.41) is 12.0. The molecule has 6 rings (SSSR count). The lowest BCUT2D eigenvalue weighted by atomic mass is 9.86. The van der Waals surface area contributed by atoms with E-state index >= 15 is 0 Å². The zero-order valence-electron chi connectivity index (χ0n) is 17.0. The quantitative estimate of drug-likeness (QED) is 0.474. The highest BCUT2D eigenvalue weighted by molar-refractivity contribution is 5.90. The van der Waals surface area contributed by atoms with Crippen LogP contribution < -0.4 is 11.3 Å². The summed E-state index contributed by atoms with van der Waals surface area (Å²) >= 11 is 0. The molecule has 3 aliphatic heterocycles. The number of hydrogen-bond donors (Lipinski definition) is 2. The van der Waals surface area contributed by atoms with E-state index in [1.54, 1.807) is 17.6 Å². The van der Waals surface area contributed by atoms with Crippen molar-refractivity contribution in [1.29, 1.82) is 0 Å². The van der Waals surface area contributed by atoms with E-state index in [9.17, 15) is 14.7 Å². The molecule has 0 radical (unpaired) electrons. The van der Waals surface area contributed by atoms with Crippen LogP contribution in [0.15, 0.2) is 23.0 Å². The molecule has 8 heteroatoms. The van der Waals surface area contributed by atoms with Gasteiger partial charge in [0.2, 0.25) is 0 Å². The lowest BCUT2D eigenvalue weighted by Gasteiger charge is -2.31. The molecule has 3 aromatic rings. The molecule has 1 aromatic carbocycles. The predicted molar refractivity (Wildman–Crippen MR) is 111 cm³/mol. The predicted octanol–water partition coefficient (Wildman–Crippen LogP) is 1.57.